The van der Waals surface area contributed by atoms with E-state index in [0.717, 1.165) is 36.1 Å². The van der Waals surface area contributed by atoms with Gasteiger partial charge in [-0.15, -0.1) is 11.3 Å². The molecule has 1 aromatic rings. The number of rotatable bonds is 2. The van der Waals surface area contributed by atoms with Crippen molar-refractivity contribution in [3.05, 3.63) is 21.9 Å². The highest BCUT2D eigenvalue weighted by Crippen LogP contribution is 2.60. The average Bonchev–Trinajstić information content (AvgIpc) is 2.76. The Kier molecular flexibility index (Phi) is 2.38. The zero-order chi connectivity index (χ0) is 11.4. The van der Waals surface area contributed by atoms with Gasteiger partial charge in [-0.1, -0.05) is 0 Å². The van der Waals surface area contributed by atoms with Crippen LogP contribution >= 0.6 is 11.3 Å². The fourth-order valence-corrected chi connectivity index (χ4v) is 5.96. The van der Waals surface area contributed by atoms with Crippen LogP contribution in [0.25, 0.3) is 0 Å². The maximum atomic E-state index is 5.75. The van der Waals surface area contributed by atoms with E-state index in [1.54, 1.807) is 12.0 Å². The van der Waals surface area contributed by atoms with Crippen LogP contribution in [0.1, 0.15) is 48.5 Å². The minimum Gasteiger partial charge on any atom is -0.326 e. The maximum absolute atomic E-state index is 5.75. The van der Waals surface area contributed by atoms with Crippen LogP contribution in [-0.2, 0) is 6.54 Å². The molecule has 4 bridgehead atoms. The highest BCUT2D eigenvalue weighted by Gasteiger charge is 2.48. The van der Waals surface area contributed by atoms with Crippen LogP contribution < -0.4 is 5.73 Å². The molecule has 2 heteroatoms. The van der Waals surface area contributed by atoms with Gasteiger partial charge in [0.25, 0.3) is 0 Å². The van der Waals surface area contributed by atoms with Crippen molar-refractivity contribution in [1.82, 2.24) is 0 Å². The van der Waals surface area contributed by atoms with Gasteiger partial charge in [0.1, 0.15) is 0 Å². The normalized spacial score (nSPS) is 43.2. The zero-order valence-corrected chi connectivity index (χ0v) is 11.1. The SMILES string of the molecule is NCc1cc(C2C3CC4CC(C3)CC2C4)cs1. The summed E-state index contributed by atoms with van der Waals surface area (Å²) in [5.74, 6) is 5.07. The summed E-state index contributed by atoms with van der Waals surface area (Å²) in [6, 6.07) is 2.40. The summed E-state index contributed by atoms with van der Waals surface area (Å²) in [6.45, 7) is 0.720. The van der Waals surface area contributed by atoms with Crippen molar-refractivity contribution in [1.29, 1.82) is 0 Å². The molecule has 0 amide bonds. The summed E-state index contributed by atoms with van der Waals surface area (Å²) in [5, 5.41) is 2.40. The highest BCUT2D eigenvalue weighted by molar-refractivity contribution is 7.10. The molecule has 17 heavy (non-hydrogen) atoms. The van der Waals surface area contributed by atoms with Gasteiger partial charge in [-0.2, -0.15) is 0 Å². The number of nitrogens with two attached hydrogens (primary N) is 1. The first-order valence-electron chi connectivity index (χ1n) is 7.11. The van der Waals surface area contributed by atoms with Crippen LogP contribution in [0.3, 0.4) is 0 Å². The summed E-state index contributed by atoms with van der Waals surface area (Å²) in [7, 11) is 0. The van der Waals surface area contributed by atoms with Crippen LogP contribution in [0.5, 0.6) is 0 Å². The van der Waals surface area contributed by atoms with Crippen LogP contribution in [0.15, 0.2) is 11.4 Å². The minimum atomic E-state index is 0.720. The molecule has 0 unspecified atom stereocenters. The molecule has 0 aliphatic heterocycles. The monoisotopic (exact) mass is 247 g/mol. The smallest absolute Gasteiger partial charge is 0.0273 e. The van der Waals surface area contributed by atoms with Crippen molar-refractivity contribution >= 4 is 11.3 Å². The van der Waals surface area contributed by atoms with Gasteiger partial charge in [-0.25, -0.2) is 0 Å². The number of thiophene rings is 1. The standard InChI is InChI=1S/C15H21NS/c16-7-14-6-13(8-17-14)15-11-2-9-1-10(4-11)5-12(15)3-9/h6,8-12,15H,1-5,7,16H2. The first kappa shape index (κ1) is 10.6. The Balaban J connectivity index is 1.65. The maximum Gasteiger partial charge on any atom is 0.0273 e. The topological polar surface area (TPSA) is 26.0 Å². The third kappa shape index (κ3) is 1.61. The van der Waals surface area contributed by atoms with E-state index in [0.29, 0.717) is 0 Å². The van der Waals surface area contributed by atoms with E-state index in [9.17, 15) is 0 Å². The molecule has 2 N–H and O–H groups in total. The van der Waals surface area contributed by atoms with Crippen molar-refractivity contribution in [3.63, 3.8) is 0 Å². The van der Waals surface area contributed by atoms with Gasteiger partial charge in [0.15, 0.2) is 0 Å². The fraction of sp³-hybridized carbons (Fsp3) is 0.733. The highest BCUT2D eigenvalue weighted by atomic mass is 32.1. The van der Waals surface area contributed by atoms with Crippen LogP contribution in [0.2, 0.25) is 0 Å². The Morgan fingerprint density at radius 2 is 1.71 bits per heavy atom. The predicted octanol–water partition coefficient (Wildman–Crippen LogP) is 3.75. The van der Waals surface area contributed by atoms with Gasteiger partial charge in [-0.05, 0) is 78.7 Å². The van der Waals surface area contributed by atoms with Gasteiger partial charge in [0.05, 0.1) is 0 Å². The lowest BCUT2D eigenvalue weighted by Gasteiger charge is -2.54. The van der Waals surface area contributed by atoms with E-state index in [2.05, 4.69) is 11.4 Å². The average molecular weight is 247 g/mol. The quantitative estimate of drug-likeness (QED) is 0.846. The number of hydrogen-bond acceptors (Lipinski definition) is 2. The van der Waals surface area contributed by atoms with Crippen molar-refractivity contribution in [2.24, 2.45) is 29.4 Å². The first-order valence-corrected chi connectivity index (χ1v) is 7.99. The third-order valence-corrected chi connectivity index (χ3v) is 6.46. The Labute approximate surface area is 107 Å². The summed E-state index contributed by atoms with van der Waals surface area (Å²) in [4.78, 5) is 1.37. The second kappa shape index (κ2) is 3.83. The first-order chi connectivity index (χ1) is 8.33. The van der Waals surface area contributed by atoms with Gasteiger partial charge < -0.3 is 5.73 Å². The van der Waals surface area contributed by atoms with E-state index < -0.39 is 0 Å². The van der Waals surface area contributed by atoms with E-state index >= 15 is 0 Å². The molecular weight excluding hydrogens is 226 g/mol. The van der Waals surface area contributed by atoms with Gasteiger partial charge in [0, 0.05) is 11.4 Å². The molecule has 4 aliphatic carbocycles. The van der Waals surface area contributed by atoms with Crippen LogP contribution in [0.4, 0.5) is 0 Å². The molecule has 0 saturated heterocycles. The van der Waals surface area contributed by atoms with Crippen LogP contribution in [-0.4, -0.2) is 0 Å². The molecule has 4 aliphatic rings. The summed E-state index contributed by atoms with van der Waals surface area (Å²) in [6.07, 6.45) is 7.63. The molecule has 4 fully saturated rings. The molecule has 1 nitrogen and oxygen atoms in total. The molecule has 0 radical (unpaired) electrons. The van der Waals surface area contributed by atoms with Gasteiger partial charge >= 0.3 is 0 Å². The second-order valence-electron chi connectivity index (χ2n) is 6.51. The molecule has 92 valence electrons. The van der Waals surface area contributed by atoms with E-state index in [1.165, 1.54) is 30.6 Å². The minimum absolute atomic E-state index is 0.720. The molecule has 0 aromatic carbocycles. The van der Waals surface area contributed by atoms with E-state index in [4.69, 9.17) is 5.73 Å². The number of hydrogen-bond donors (Lipinski definition) is 1. The molecule has 1 aromatic heterocycles. The Hall–Kier alpha value is -0.340. The lowest BCUT2D eigenvalue weighted by Crippen LogP contribution is -2.43. The molecular formula is C15H21NS. The summed E-state index contributed by atoms with van der Waals surface area (Å²) >= 11 is 1.87. The Bertz CT molecular complexity index is 394. The predicted molar refractivity (Wildman–Crippen MR) is 72.0 cm³/mol. The van der Waals surface area contributed by atoms with Crippen molar-refractivity contribution in [3.8, 4) is 0 Å². The lowest BCUT2D eigenvalue weighted by molar-refractivity contribution is -0.00265. The largest absolute Gasteiger partial charge is 0.326 e. The van der Waals surface area contributed by atoms with Gasteiger partial charge in [-0.3, -0.25) is 0 Å². The second-order valence-corrected chi connectivity index (χ2v) is 7.50. The Morgan fingerprint density at radius 1 is 1.06 bits per heavy atom. The fourth-order valence-electron chi connectivity index (χ4n) is 5.15. The molecule has 5 rings (SSSR count). The summed E-state index contributed by atoms with van der Waals surface area (Å²) < 4.78 is 0. The van der Waals surface area contributed by atoms with Crippen molar-refractivity contribution in [2.45, 2.75) is 44.6 Å². The molecule has 1 heterocycles. The van der Waals surface area contributed by atoms with Gasteiger partial charge in [0.2, 0.25) is 0 Å². The van der Waals surface area contributed by atoms with Crippen LogP contribution in [0, 0.1) is 23.7 Å². The third-order valence-electron chi connectivity index (χ3n) is 5.49. The van der Waals surface area contributed by atoms with Crippen molar-refractivity contribution < 1.29 is 0 Å². The zero-order valence-electron chi connectivity index (χ0n) is 10.3. The van der Waals surface area contributed by atoms with Crippen molar-refractivity contribution in [2.75, 3.05) is 0 Å². The molecule has 0 spiro atoms. The van der Waals surface area contributed by atoms with E-state index in [1.807, 2.05) is 11.3 Å². The Morgan fingerprint density at radius 3 is 2.24 bits per heavy atom. The molecule has 0 atom stereocenters. The lowest BCUT2D eigenvalue weighted by atomic mass is 9.51. The van der Waals surface area contributed by atoms with E-state index in [-0.39, 0.29) is 0 Å². The summed E-state index contributed by atoms with van der Waals surface area (Å²) in [5.41, 5.74) is 7.38. The molecule has 4 saturated carbocycles.